The third kappa shape index (κ3) is 6.10. The molecule has 1 aromatic carbocycles. The van der Waals surface area contributed by atoms with E-state index in [9.17, 15) is 9.59 Å². The molecule has 1 fully saturated rings. The third-order valence-corrected chi connectivity index (χ3v) is 5.18. The van der Waals surface area contributed by atoms with Gasteiger partial charge < -0.3 is 25.2 Å². The molecule has 4 N–H and O–H groups in total. The summed E-state index contributed by atoms with van der Waals surface area (Å²) in [7, 11) is 0. The highest BCUT2D eigenvalue weighted by molar-refractivity contribution is 6.03. The minimum atomic E-state index is -0.453. The molecule has 0 aliphatic carbocycles. The number of hydrogen-bond acceptors (Lipinski definition) is 7. The molecule has 0 radical (unpaired) electrons. The van der Waals surface area contributed by atoms with Crippen LogP contribution in [0.15, 0.2) is 53.2 Å². The van der Waals surface area contributed by atoms with Gasteiger partial charge in [0.05, 0.1) is 6.20 Å². The number of rotatable bonds is 6. The molecule has 10 nitrogen and oxygen atoms in total. The Balaban J connectivity index is 1.27. The van der Waals surface area contributed by atoms with Gasteiger partial charge in [0.15, 0.2) is 5.82 Å². The van der Waals surface area contributed by atoms with Crippen LogP contribution in [0.25, 0.3) is 0 Å². The van der Waals surface area contributed by atoms with Gasteiger partial charge in [-0.2, -0.15) is 0 Å². The average Bonchev–Trinajstić information content (AvgIpc) is 3.48. The monoisotopic (exact) mass is 464 g/mol. The van der Waals surface area contributed by atoms with E-state index < -0.39 is 6.03 Å². The third-order valence-electron chi connectivity index (χ3n) is 5.18. The van der Waals surface area contributed by atoms with E-state index in [1.165, 1.54) is 0 Å². The molecule has 0 unspecified atom stereocenters. The molecule has 2 aromatic heterocycles. The van der Waals surface area contributed by atoms with Crippen LogP contribution in [-0.4, -0.2) is 41.3 Å². The summed E-state index contributed by atoms with van der Waals surface area (Å²) in [6.45, 7) is 7.73. The molecule has 3 aromatic rings. The summed E-state index contributed by atoms with van der Waals surface area (Å²) in [5.41, 5.74) is 1.19. The maximum absolute atomic E-state index is 12.5. The van der Waals surface area contributed by atoms with Crippen molar-refractivity contribution in [3.05, 3.63) is 60.1 Å². The lowest BCUT2D eigenvalue weighted by atomic mass is 9.93. The largest absolute Gasteiger partial charge is 0.487 e. The standard InChI is InChI=1S/C24H28N6O4/c1-24(2,3)20-12-21(30-34-20)29-23(32)28-16-6-4-15(5-7-16)27-22(31)19-9-8-17(14-26-19)33-18-10-11-25-13-18/h4-9,12,14,18,25H,10-11,13H2,1-3H3,(H,27,31)(H2,28,29,30,32)/t18-/m0/s1. The number of nitrogens with one attached hydrogen (secondary N) is 4. The van der Waals surface area contributed by atoms with E-state index in [0.29, 0.717) is 28.7 Å². The Morgan fingerprint density at radius 3 is 2.38 bits per heavy atom. The number of nitrogens with zero attached hydrogens (tertiary/aromatic N) is 2. The van der Waals surface area contributed by atoms with Crippen molar-refractivity contribution in [2.75, 3.05) is 29.0 Å². The highest BCUT2D eigenvalue weighted by atomic mass is 16.5. The first-order chi connectivity index (χ1) is 16.3. The Morgan fingerprint density at radius 1 is 1.06 bits per heavy atom. The van der Waals surface area contributed by atoms with Crippen LogP contribution in [0.5, 0.6) is 5.75 Å². The van der Waals surface area contributed by atoms with E-state index in [1.807, 2.05) is 20.8 Å². The molecule has 1 aliphatic heterocycles. The van der Waals surface area contributed by atoms with Crippen LogP contribution in [0, 0.1) is 0 Å². The number of amides is 3. The molecule has 10 heteroatoms. The summed E-state index contributed by atoms with van der Waals surface area (Å²) in [6.07, 6.45) is 2.64. The maximum atomic E-state index is 12.5. The van der Waals surface area contributed by atoms with Gasteiger partial charge in [-0.15, -0.1) is 0 Å². The summed E-state index contributed by atoms with van der Waals surface area (Å²) in [6, 6.07) is 11.3. The number of hydrogen-bond donors (Lipinski definition) is 4. The summed E-state index contributed by atoms with van der Waals surface area (Å²) in [5.74, 6) is 1.30. The van der Waals surface area contributed by atoms with Crippen LogP contribution < -0.4 is 26.0 Å². The van der Waals surface area contributed by atoms with Crippen molar-refractivity contribution in [1.82, 2.24) is 15.5 Å². The van der Waals surface area contributed by atoms with Crippen LogP contribution in [0.2, 0.25) is 0 Å². The molecule has 1 saturated heterocycles. The highest BCUT2D eigenvalue weighted by Crippen LogP contribution is 2.24. The van der Waals surface area contributed by atoms with E-state index in [-0.39, 0.29) is 23.1 Å². The van der Waals surface area contributed by atoms with Crippen molar-refractivity contribution in [3.63, 3.8) is 0 Å². The van der Waals surface area contributed by atoms with Gasteiger partial charge in [0.25, 0.3) is 5.91 Å². The van der Waals surface area contributed by atoms with Gasteiger partial charge in [-0.05, 0) is 49.4 Å². The fourth-order valence-electron chi connectivity index (χ4n) is 3.30. The normalized spacial score (nSPS) is 15.6. The zero-order valence-electron chi connectivity index (χ0n) is 19.3. The summed E-state index contributed by atoms with van der Waals surface area (Å²) >= 11 is 0. The molecule has 1 aliphatic rings. The van der Waals surface area contributed by atoms with Gasteiger partial charge >= 0.3 is 6.03 Å². The van der Waals surface area contributed by atoms with Crippen molar-refractivity contribution < 1.29 is 18.8 Å². The van der Waals surface area contributed by atoms with Gasteiger partial charge in [-0.1, -0.05) is 25.9 Å². The first-order valence-electron chi connectivity index (χ1n) is 11.1. The fraction of sp³-hybridized carbons (Fsp3) is 0.333. The van der Waals surface area contributed by atoms with Crippen LogP contribution >= 0.6 is 0 Å². The number of anilines is 3. The fourth-order valence-corrected chi connectivity index (χ4v) is 3.30. The van der Waals surface area contributed by atoms with Crippen LogP contribution in [0.1, 0.15) is 43.4 Å². The summed E-state index contributed by atoms with van der Waals surface area (Å²) < 4.78 is 11.1. The molecule has 4 rings (SSSR count). The van der Waals surface area contributed by atoms with Crippen molar-refractivity contribution in [2.24, 2.45) is 0 Å². The van der Waals surface area contributed by atoms with E-state index >= 15 is 0 Å². The number of ether oxygens (including phenoxy) is 1. The quantitative estimate of drug-likeness (QED) is 0.434. The number of carbonyl (C=O) groups is 2. The lowest BCUT2D eigenvalue weighted by Gasteiger charge is -2.12. The second-order valence-corrected chi connectivity index (χ2v) is 9.05. The zero-order valence-corrected chi connectivity index (χ0v) is 19.3. The number of pyridine rings is 1. The first kappa shape index (κ1) is 23.2. The molecule has 34 heavy (non-hydrogen) atoms. The van der Waals surface area contributed by atoms with Crippen LogP contribution in [0.3, 0.4) is 0 Å². The molecule has 178 valence electrons. The smallest absolute Gasteiger partial charge is 0.324 e. The highest BCUT2D eigenvalue weighted by Gasteiger charge is 2.20. The van der Waals surface area contributed by atoms with Crippen LogP contribution in [-0.2, 0) is 5.41 Å². The average molecular weight is 465 g/mol. The summed E-state index contributed by atoms with van der Waals surface area (Å²) in [4.78, 5) is 28.9. The predicted molar refractivity (Wildman–Crippen MR) is 128 cm³/mol. The first-order valence-corrected chi connectivity index (χ1v) is 11.1. The van der Waals surface area contributed by atoms with Crippen molar-refractivity contribution in [1.29, 1.82) is 0 Å². The Kier molecular flexibility index (Phi) is 6.78. The molecule has 3 amide bonds. The number of urea groups is 1. The van der Waals surface area contributed by atoms with Gasteiger partial charge in [-0.3, -0.25) is 10.1 Å². The molecule has 0 spiro atoms. The number of carbonyl (C=O) groups excluding carboxylic acids is 2. The predicted octanol–water partition coefficient (Wildman–Crippen LogP) is 4.00. The minimum Gasteiger partial charge on any atom is -0.487 e. The molecule has 1 atom stereocenters. The summed E-state index contributed by atoms with van der Waals surface area (Å²) in [5, 5.41) is 15.2. The maximum Gasteiger partial charge on any atom is 0.324 e. The lowest BCUT2D eigenvalue weighted by Crippen LogP contribution is -2.20. The Morgan fingerprint density at radius 2 is 1.79 bits per heavy atom. The van der Waals surface area contributed by atoms with Crippen molar-refractivity contribution >= 4 is 29.1 Å². The molecular weight excluding hydrogens is 436 g/mol. The van der Waals surface area contributed by atoms with E-state index in [0.717, 1.165) is 19.5 Å². The molecular formula is C24H28N6O4. The number of aromatic nitrogens is 2. The Labute approximate surface area is 197 Å². The van der Waals surface area contributed by atoms with E-state index in [2.05, 4.69) is 31.4 Å². The minimum absolute atomic E-state index is 0.132. The lowest BCUT2D eigenvalue weighted by molar-refractivity contribution is 0.102. The van der Waals surface area contributed by atoms with E-state index in [4.69, 9.17) is 9.26 Å². The van der Waals surface area contributed by atoms with Crippen LogP contribution in [0.4, 0.5) is 22.0 Å². The van der Waals surface area contributed by atoms with Gasteiger partial charge in [0.1, 0.15) is 23.3 Å². The molecule has 0 saturated carbocycles. The Bertz CT molecular complexity index is 1130. The number of benzene rings is 1. The SMILES string of the molecule is CC(C)(C)c1cc(NC(=O)Nc2ccc(NC(=O)c3ccc(O[C@H]4CCNC4)cn3)cc2)no1. The van der Waals surface area contributed by atoms with Gasteiger partial charge in [0.2, 0.25) is 0 Å². The second kappa shape index (κ2) is 9.92. The van der Waals surface area contributed by atoms with Gasteiger partial charge in [0, 0.05) is 29.4 Å². The van der Waals surface area contributed by atoms with Gasteiger partial charge in [-0.25, -0.2) is 9.78 Å². The molecule has 3 heterocycles. The molecule has 0 bridgehead atoms. The van der Waals surface area contributed by atoms with Crippen molar-refractivity contribution in [3.8, 4) is 5.75 Å². The Hall–Kier alpha value is -3.92. The zero-order chi connectivity index (χ0) is 24.1. The second-order valence-electron chi connectivity index (χ2n) is 9.05. The topological polar surface area (TPSA) is 130 Å². The van der Waals surface area contributed by atoms with E-state index in [1.54, 1.807) is 48.7 Å². The van der Waals surface area contributed by atoms with Crippen molar-refractivity contribution in [2.45, 2.75) is 38.7 Å².